The molecule has 2 rings (SSSR count). The van der Waals surface area contributed by atoms with Crippen LogP contribution in [0.15, 0.2) is 24.3 Å². The second-order valence-electron chi connectivity index (χ2n) is 8.50. The maximum absolute atomic E-state index is 12.8. The normalized spacial score (nSPS) is 20.3. The summed E-state index contributed by atoms with van der Waals surface area (Å²) in [5, 5.41) is 13.2. The zero-order valence-electron chi connectivity index (χ0n) is 18.2. The van der Waals surface area contributed by atoms with Gasteiger partial charge in [-0.2, -0.15) is 0 Å². The molecule has 162 valence electrons. The van der Waals surface area contributed by atoms with E-state index in [-0.39, 0.29) is 19.1 Å². The number of nitrogens with zero attached hydrogens (tertiary/aromatic N) is 1. The van der Waals surface area contributed by atoms with Gasteiger partial charge >= 0.3 is 6.03 Å². The predicted octanol–water partition coefficient (Wildman–Crippen LogP) is 4.22. The van der Waals surface area contributed by atoms with Crippen molar-refractivity contribution in [2.75, 3.05) is 13.2 Å². The standard InChI is InChI=1S/C23H36N2O4/c1-5-6-7-8-11-14-23(4)21(27)25(22(28)24-23)15-18(26)16-29-20-13-10-9-12-19(20)17(2)3/h9-10,12-13,17-18,26H,5-8,11,14-16H2,1-4H3,(H,24,28). The summed E-state index contributed by atoms with van der Waals surface area (Å²) in [4.78, 5) is 26.3. The average molecular weight is 405 g/mol. The van der Waals surface area contributed by atoms with Gasteiger partial charge in [-0.15, -0.1) is 0 Å². The molecule has 1 aliphatic rings. The summed E-state index contributed by atoms with van der Waals surface area (Å²) in [5.74, 6) is 0.752. The number of benzene rings is 1. The summed E-state index contributed by atoms with van der Waals surface area (Å²) in [5.41, 5.74) is 0.180. The highest BCUT2D eigenvalue weighted by atomic mass is 16.5. The van der Waals surface area contributed by atoms with Crippen molar-refractivity contribution in [2.24, 2.45) is 0 Å². The fourth-order valence-electron chi connectivity index (χ4n) is 3.70. The van der Waals surface area contributed by atoms with Crippen molar-refractivity contribution in [2.45, 2.75) is 83.8 Å². The Morgan fingerprint density at radius 2 is 1.83 bits per heavy atom. The lowest BCUT2D eigenvalue weighted by Crippen LogP contribution is -2.45. The summed E-state index contributed by atoms with van der Waals surface area (Å²) < 4.78 is 5.78. The number of hydrogen-bond acceptors (Lipinski definition) is 4. The van der Waals surface area contributed by atoms with E-state index in [0.29, 0.717) is 12.3 Å². The number of unbranched alkanes of at least 4 members (excludes halogenated alkanes) is 4. The second kappa shape index (κ2) is 10.6. The molecule has 0 aromatic heterocycles. The molecule has 0 bridgehead atoms. The average Bonchev–Trinajstić information content (AvgIpc) is 2.89. The molecule has 6 heteroatoms. The molecular formula is C23H36N2O4. The number of hydrogen-bond donors (Lipinski definition) is 2. The lowest BCUT2D eigenvalue weighted by molar-refractivity contribution is -0.132. The van der Waals surface area contributed by atoms with Crippen LogP contribution in [-0.2, 0) is 4.79 Å². The van der Waals surface area contributed by atoms with Crippen LogP contribution in [0.3, 0.4) is 0 Å². The first-order valence-corrected chi connectivity index (χ1v) is 10.8. The van der Waals surface area contributed by atoms with Crippen molar-refractivity contribution in [3.63, 3.8) is 0 Å². The molecule has 0 saturated carbocycles. The van der Waals surface area contributed by atoms with E-state index >= 15 is 0 Å². The van der Waals surface area contributed by atoms with Crippen molar-refractivity contribution in [3.05, 3.63) is 29.8 Å². The Morgan fingerprint density at radius 1 is 1.14 bits per heavy atom. The first kappa shape index (κ1) is 23.2. The van der Waals surface area contributed by atoms with E-state index in [4.69, 9.17) is 4.74 Å². The van der Waals surface area contributed by atoms with Crippen molar-refractivity contribution in [1.29, 1.82) is 0 Å². The van der Waals surface area contributed by atoms with Crippen molar-refractivity contribution in [3.8, 4) is 5.75 Å². The van der Waals surface area contributed by atoms with E-state index in [1.807, 2.05) is 24.3 Å². The molecule has 1 aliphatic heterocycles. The van der Waals surface area contributed by atoms with Crippen LogP contribution in [0, 0.1) is 0 Å². The van der Waals surface area contributed by atoms with Gasteiger partial charge in [-0.25, -0.2) is 4.79 Å². The van der Waals surface area contributed by atoms with Crippen LogP contribution in [0.25, 0.3) is 0 Å². The highest BCUT2D eigenvalue weighted by molar-refractivity contribution is 6.06. The minimum absolute atomic E-state index is 0.0223. The Labute approximate surface area is 174 Å². The number of carbonyl (C=O) groups is 2. The van der Waals surface area contributed by atoms with Crippen molar-refractivity contribution in [1.82, 2.24) is 10.2 Å². The summed E-state index contributed by atoms with van der Waals surface area (Å²) in [6, 6.07) is 7.26. The molecule has 1 fully saturated rings. The number of β-amino-alcohol motifs (C(OH)–C–C–N with tert-alkyl or cyclic N) is 1. The highest BCUT2D eigenvalue weighted by Gasteiger charge is 2.47. The second-order valence-corrected chi connectivity index (χ2v) is 8.50. The predicted molar refractivity (Wildman–Crippen MR) is 114 cm³/mol. The molecular weight excluding hydrogens is 368 g/mol. The fourth-order valence-corrected chi connectivity index (χ4v) is 3.70. The number of rotatable bonds is 12. The van der Waals surface area contributed by atoms with Crippen LogP contribution in [0.1, 0.15) is 77.7 Å². The summed E-state index contributed by atoms with van der Waals surface area (Å²) in [6.45, 7) is 8.05. The van der Waals surface area contributed by atoms with Crippen molar-refractivity contribution < 1.29 is 19.4 Å². The number of nitrogens with one attached hydrogen (secondary N) is 1. The summed E-state index contributed by atoms with van der Waals surface area (Å²) >= 11 is 0. The van der Waals surface area contributed by atoms with Crippen molar-refractivity contribution >= 4 is 11.9 Å². The van der Waals surface area contributed by atoms with E-state index in [9.17, 15) is 14.7 Å². The van der Waals surface area contributed by atoms with E-state index in [0.717, 1.165) is 35.5 Å². The lowest BCUT2D eigenvalue weighted by Gasteiger charge is -2.23. The number of imide groups is 1. The van der Waals surface area contributed by atoms with Crippen LogP contribution in [-0.4, -0.2) is 46.7 Å². The molecule has 6 nitrogen and oxygen atoms in total. The Hall–Kier alpha value is -2.08. The van der Waals surface area contributed by atoms with E-state index in [1.165, 1.54) is 12.8 Å². The molecule has 0 spiro atoms. The summed E-state index contributed by atoms with van der Waals surface area (Å²) in [6.07, 6.45) is 5.12. The Morgan fingerprint density at radius 3 is 2.52 bits per heavy atom. The molecule has 1 heterocycles. The smallest absolute Gasteiger partial charge is 0.325 e. The molecule has 1 aromatic carbocycles. The zero-order valence-corrected chi connectivity index (χ0v) is 18.2. The van der Waals surface area contributed by atoms with Gasteiger partial charge in [0.2, 0.25) is 0 Å². The molecule has 0 aliphatic carbocycles. The maximum Gasteiger partial charge on any atom is 0.325 e. The van der Waals surface area contributed by atoms with Gasteiger partial charge in [-0.05, 0) is 30.9 Å². The maximum atomic E-state index is 12.8. The molecule has 2 unspecified atom stereocenters. The molecule has 0 radical (unpaired) electrons. The van der Waals surface area contributed by atoms with Gasteiger partial charge in [0.15, 0.2) is 0 Å². The first-order valence-electron chi connectivity index (χ1n) is 10.8. The number of para-hydroxylation sites is 1. The molecule has 2 N–H and O–H groups in total. The van der Waals surface area contributed by atoms with E-state index in [1.54, 1.807) is 6.92 Å². The van der Waals surface area contributed by atoms with Gasteiger partial charge in [-0.1, -0.05) is 71.1 Å². The van der Waals surface area contributed by atoms with Crippen LogP contribution in [0.4, 0.5) is 4.79 Å². The van der Waals surface area contributed by atoms with Gasteiger partial charge in [0.25, 0.3) is 5.91 Å². The first-order chi connectivity index (χ1) is 13.8. The quantitative estimate of drug-likeness (QED) is 0.404. The summed E-state index contributed by atoms with van der Waals surface area (Å²) in [7, 11) is 0. The molecule has 1 saturated heterocycles. The number of aliphatic hydroxyl groups is 1. The number of ether oxygens (including phenoxy) is 1. The minimum Gasteiger partial charge on any atom is -0.491 e. The van der Waals surface area contributed by atoms with Crippen LogP contribution in [0.5, 0.6) is 5.75 Å². The largest absolute Gasteiger partial charge is 0.491 e. The van der Waals surface area contributed by atoms with Gasteiger partial charge in [0.1, 0.15) is 24.0 Å². The van der Waals surface area contributed by atoms with Crippen LogP contribution in [0.2, 0.25) is 0 Å². The third-order valence-electron chi connectivity index (χ3n) is 5.49. The van der Waals surface area contributed by atoms with Gasteiger partial charge < -0.3 is 15.2 Å². The molecule has 2 atom stereocenters. The monoisotopic (exact) mass is 404 g/mol. The van der Waals surface area contributed by atoms with Crippen LogP contribution < -0.4 is 10.1 Å². The minimum atomic E-state index is -0.947. The third kappa shape index (κ3) is 6.20. The number of carbonyl (C=O) groups excluding carboxylic acids is 2. The number of amides is 3. The third-order valence-corrected chi connectivity index (χ3v) is 5.49. The Bertz CT molecular complexity index is 691. The van der Waals surface area contributed by atoms with E-state index < -0.39 is 17.7 Å². The lowest BCUT2D eigenvalue weighted by atomic mass is 9.94. The number of aliphatic hydroxyl groups excluding tert-OH is 1. The Kier molecular flexibility index (Phi) is 8.50. The topological polar surface area (TPSA) is 78.9 Å². The highest BCUT2D eigenvalue weighted by Crippen LogP contribution is 2.27. The molecule has 1 aromatic rings. The van der Waals surface area contributed by atoms with Gasteiger partial charge in [-0.3, -0.25) is 9.69 Å². The SMILES string of the molecule is CCCCCCCC1(C)NC(=O)N(CC(O)COc2ccccc2C(C)C)C1=O. The van der Waals surface area contributed by atoms with Gasteiger partial charge in [0.05, 0.1) is 6.54 Å². The zero-order chi connectivity index (χ0) is 21.4. The Balaban J connectivity index is 1.87. The molecule has 3 amide bonds. The van der Waals surface area contributed by atoms with E-state index in [2.05, 4.69) is 26.1 Å². The number of urea groups is 1. The molecule has 29 heavy (non-hydrogen) atoms. The van der Waals surface area contributed by atoms with Gasteiger partial charge in [0, 0.05) is 0 Å². The fraction of sp³-hybridized carbons (Fsp3) is 0.652. The van der Waals surface area contributed by atoms with Crippen LogP contribution >= 0.6 is 0 Å².